The summed E-state index contributed by atoms with van der Waals surface area (Å²) in [6.07, 6.45) is 2.36. The monoisotopic (exact) mass is 364 g/mol. The molecule has 1 aromatic heterocycles. The van der Waals surface area contributed by atoms with Crippen LogP contribution in [0.3, 0.4) is 0 Å². The van der Waals surface area contributed by atoms with Gasteiger partial charge in [0.05, 0.1) is 17.6 Å². The van der Waals surface area contributed by atoms with Crippen LogP contribution in [0, 0.1) is 0 Å². The standard InChI is InChI=1S/C18H28N4O2S/c1-18(2,3)17-16(25(23,24)19-12-9-13-21(4)5)14-22(20-17)15-10-7-6-8-11-15/h6-8,10-11,14,19H,9,12-13H2,1-5H3. The largest absolute Gasteiger partial charge is 0.309 e. The van der Waals surface area contributed by atoms with Gasteiger partial charge in [-0.25, -0.2) is 17.8 Å². The first kappa shape index (κ1) is 19.6. The van der Waals surface area contributed by atoms with Gasteiger partial charge in [0.15, 0.2) is 0 Å². The molecule has 138 valence electrons. The second kappa shape index (κ2) is 7.68. The molecule has 0 atom stereocenters. The molecule has 25 heavy (non-hydrogen) atoms. The van der Waals surface area contributed by atoms with E-state index in [2.05, 4.69) is 9.82 Å². The Morgan fingerprint density at radius 3 is 2.36 bits per heavy atom. The van der Waals surface area contributed by atoms with Crippen LogP contribution in [0.25, 0.3) is 5.69 Å². The third-order valence-corrected chi connectivity index (χ3v) is 5.24. The Hall–Kier alpha value is -1.70. The van der Waals surface area contributed by atoms with E-state index in [0.717, 1.165) is 18.7 Å². The molecule has 0 bridgehead atoms. The molecule has 0 aliphatic rings. The van der Waals surface area contributed by atoms with Gasteiger partial charge in [-0.15, -0.1) is 0 Å². The predicted molar refractivity (Wildman–Crippen MR) is 101 cm³/mol. The Morgan fingerprint density at radius 2 is 1.80 bits per heavy atom. The van der Waals surface area contributed by atoms with Crippen molar-refractivity contribution in [1.29, 1.82) is 0 Å². The van der Waals surface area contributed by atoms with Crippen molar-refractivity contribution in [2.24, 2.45) is 0 Å². The molecule has 1 aromatic carbocycles. The normalized spacial score (nSPS) is 12.7. The fraction of sp³-hybridized carbons (Fsp3) is 0.500. The third kappa shape index (κ3) is 5.14. The van der Waals surface area contributed by atoms with Gasteiger partial charge >= 0.3 is 0 Å². The highest BCUT2D eigenvalue weighted by Gasteiger charge is 2.30. The van der Waals surface area contributed by atoms with E-state index in [1.165, 1.54) is 0 Å². The molecular weight excluding hydrogens is 336 g/mol. The maximum Gasteiger partial charge on any atom is 0.244 e. The Labute approximate surface area is 150 Å². The summed E-state index contributed by atoms with van der Waals surface area (Å²) < 4.78 is 30.0. The molecule has 0 radical (unpaired) electrons. The van der Waals surface area contributed by atoms with Crippen molar-refractivity contribution in [2.75, 3.05) is 27.2 Å². The minimum absolute atomic E-state index is 0.244. The average molecular weight is 365 g/mol. The van der Waals surface area contributed by atoms with E-state index in [9.17, 15) is 8.42 Å². The van der Waals surface area contributed by atoms with Crippen LogP contribution in [0.15, 0.2) is 41.4 Å². The van der Waals surface area contributed by atoms with Crippen LogP contribution in [0.1, 0.15) is 32.9 Å². The fourth-order valence-corrected chi connectivity index (χ4v) is 3.88. The van der Waals surface area contributed by atoms with Crippen LogP contribution < -0.4 is 4.72 Å². The van der Waals surface area contributed by atoms with Crippen molar-refractivity contribution >= 4 is 10.0 Å². The quantitative estimate of drug-likeness (QED) is 0.766. The van der Waals surface area contributed by atoms with Gasteiger partial charge < -0.3 is 4.90 Å². The van der Waals surface area contributed by atoms with E-state index >= 15 is 0 Å². The van der Waals surface area contributed by atoms with Gasteiger partial charge in [-0.05, 0) is 39.2 Å². The number of nitrogens with zero attached hydrogens (tertiary/aromatic N) is 3. The molecule has 0 aliphatic heterocycles. The summed E-state index contributed by atoms with van der Waals surface area (Å²) in [7, 11) is 0.326. The summed E-state index contributed by atoms with van der Waals surface area (Å²) in [5, 5.41) is 4.56. The van der Waals surface area contributed by atoms with Crippen molar-refractivity contribution < 1.29 is 8.42 Å². The van der Waals surface area contributed by atoms with E-state index in [1.807, 2.05) is 70.1 Å². The van der Waals surface area contributed by atoms with Crippen LogP contribution in [-0.4, -0.2) is 50.3 Å². The number of sulfonamides is 1. The van der Waals surface area contributed by atoms with Crippen molar-refractivity contribution in [3.05, 3.63) is 42.2 Å². The van der Waals surface area contributed by atoms with Gasteiger partial charge in [0.1, 0.15) is 4.90 Å². The average Bonchev–Trinajstić information content (AvgIpc) is 2.99. The number of nitrogens with one attached hydrogen (secondary N) is 1. The van der Waals surface area contributed by atoms with Crippen molar-refractivity contribution in [2.45, 2.75) is 37.5 Å². The highest BCUT2D eigenvalue weighted by atomic mass is 32.2. The van der Waals surface area contributed by atoms with Crippen LogP contribution in [0.4, 0.5) is 0 Å². The van der Waals surface area contributed by atoms with Gasteiger partial charge in [-0.3, -0.25) is 0 Å². The van der Waals surface area contributed by atoms with E-state index in [1.54, 1.807) is 10.9 Å². The molecule has 0 aliphatic carbocycles. The van der Waals surface area contributed by atoms with Gasteiger partial charge in [0, 0.05) is 12.0 Å². The molecule has 0 fully saturated rings. The van der Waals surface area contributed by atoms with Crippen molar-refractivity contribution in [1.82, 2.24) is 19.4 Å². The molecule has 7 heteroatoms. The van der Waals surface area contributed by atoms with Crippen LogP contribution in [0.5, 0.6) is 0 Å². The van der Waals surface area contributed by atoms with Crippen molar-refractivity contribution in [3.63, 3.8) is 0 Å². The SMILES string of the molecule is CN(C)CCCNS(=O)(=O)c1cn(-c2ccccc2)nc1C(C)(C)C. The van der Waals surface area contributed by atoms with Gasteiger partial charge in [0.25, 0.3) is 0 Å². The first-order valence-corrected chi connectivity index (χ1v) is 9.89. The van der Waals surface area contributed by atoms with Crippen LogP contribution in [-0.2, 0) is 15.4 Å². The number of hydrogen-bond acceptors (Lipinski definition) is 4. The lowest BCUT2D eigenvalue weighted by atomic mass is 9.92. The van der Waals surface area contributed by atoms with Gasteiger partial charge in [-0.1, -0.05) is 39.0 Å². The molecule has 0 amide bonds. The first-order chi connectivity index (χ1) is 11.6. The summed E-state index contributed by atoms with van der Waals surface area (Å²) in [5.41, 5.74) is 1.02. The predicted octanol–water partition coefficient (Wildman–Crippen LogP) is 2.40. The lowest BCUT2D eigenvalue weighted by Crippen LogP contribution is -2.29. The first-order valence-electron chi connectivity index (χ1n) is 8.41. The number of aromatic nitrogens is 2. The molecular formula is C18H28N4O2S. The number of benzene rings is 1. The second-order valence-corrected chi connectivity index (χ2v) is 9.16. The molecule has 2 rings (SSSR count). The molecule has 0 saturated carbocycles. The maximum absolute atomic E-state index is 12.8. The fourth-order valence-electron chi connectivity index (χ4n) is 2.47. The minimum Gasteiger partial charge on any atom is -0.309 e. The number of hydrogen-bond donors (Lipinski definition) is 1. The summed E-state index contributed by atoms with van der Waals surface area (Å²) in [5.74, 6) is 0. The molecule has 2 aromatic rings. The third-order valence-electron chi connectivity index (χ3n) is 3.78. The number of para-hydroxylation sites is 1. The topological polar surface area (TPSA) is 67.2 Å². The molecule has 0 unspecified atom stereocenters. The lowest BCUT2D eigenvalue weighted by molar-refractivity contribution is 0.400. The molecule has 6 nitrogen and oxygen atoms in total. The smallest absolute Gasteiger partial charge is 0.244 e. The van der Waals surface area contributed by atoms with E-state index in [-0.39, 0.29) is 10.3 Å². The lowest BCUT2D eigenvalue weighted by Gasteiger charge is -2.17. The molecule has 1 N–H and O–H groups in total. The maximum atomic E-state index is 12.8. The Morgan fingerprint density at radius 1 is 1.16 bits per heavy atom. The van der Waals surface area contributed by atoms with Gasteiger partial charge in [0.2, 0.25) is 10.0 Å². The van der Waals surface area contributed by atoms with E-state index in [4.69, 9.17) is 0 Å². The summed E-state index contributed by atoms with van der Waals surface area (Å²) >= 11 is 0. The molecule has 0 saturated heterocycles. The molecule has 1 heterocycles. The zero-order chi connectivity index (χ0) is 18.7. The van der Waals surface area contributed by atoms with Crippen LogP contribution >= 0.6 is 0 Å². The Kier molecular flexibility index (Phi) is 6.03. The highest BCUT2D eigenvalue weighted by molar-refractivity contribution is 7.89. The number of rotatable bonds is 7. The van der Waals surface area contributed by atoms with Crippen molar-refractivity contribution in [3.8, 4) is 5.69 Å². The van der Waals surface area contributed by atoms with Gasteiger partial charge in [-0.2, -0.15) is 5.10 Å². The summed E-state index contributed by atoms with van der Waals surface area (Å²) in [4.78, 5) is 2.27. The Bertz CT molecular complexity index is 790. The zero-order valence-corrected chi connectivity index (χ0v) is 16.5. The van der Waals surface area contributed by atoms with E-state index in [0.29, 0.717) is 12.2 Å². The summed E-state index contributed by atoms with van der Waals surface area (Å²) in [6.45, 7) is 7.14. The highest BCUT2D eigenvalue weighted by Crippen LogP contribution is 2.28. The zero-order valence-electron chi connectivity index (χ0n) is 15.7. The Balaban J connectivity index is 2.33. The minimum atomic E-state index is -3.61. The summed E-state index contributed by atoms with van der Waals surface area (Å²) in [6, 6.07) is 9.53. The second-order valence-electron chi connectivity index (χ2n) is 7.43. The molecule has 0 spiro atoms. The van der Waals surface area contributed by atoms with Crippen LogP contribution in [0.2, 0.25) is 0 Å². The van der Waals surface area contributed by atoms with E-state index < -0.39 is 10.0 Å².